The van der Waals surface area contributed by atoms with Crippen LogP contribution in [0.25, 0.3) is 0 Å². The molecule has 1 aromatic carbocycles. The molecule has 22 heavy (non-hydrogen) atoms. The van der Waals surface area contributed by atoms with E-state index in [4.69, 9.17) is 10.5 Å². The van der Waals surface area contributed by atoms with Crippen molar-refractivity contribution in [3.63, 3.8) is 0 Å². The van der Waals surface area contributed by atoms with Crippen molar-refractivity contribution >= 4 is 29.9 Å². The highest BCUT2D eigenvalue weighted by Gasteiger charge is 2.34. The molecular weight excluding hydrogens is 306 g/mol. The van der Waals surface area contributed by atoms with Gasteiger partial charge < -0.3 is 20.7 Å². The largest absolute Gasteiger partial charge is 0.383 e. The number of ether oxygens (including phenoxy) is 1. The van der Waals surface area contributed by atoms with Gasteiger partial charge in [-0.15, -0.1) is 12.4 Å². The van der Waals surface area contributed by atoms with E-state index >= 15 is 0 Å². The number of carbonyl (C=O) groups is 2. The molecule has 1 fully saturated rings. The number of carbonyl (C=O) groups excluding carboxylic acids is 2. The number of nitrogens with zero attached hydrogens (tertiary/aromatic N) is 1. The van der Waals surface area contributed by atoms with Crippen molar-refractivity contribution in [2.75, 3.05) is 25.2 Å². The van der Waals surface area contributed by atoms with Crippen molar-refractivity contribution in [1.82, 2.24) is 5.32 Å². The Kier molecular flexibility index (Phi) is 6.80. The summed E-state index contributed by atoms with van der Waals surface area (Å²) in [5, 5.41) is 2.69. The van der Waals surface area contributed by atoms with Crippen LogP contribution in [-0.4, -0.2) is 44.2 Å². The molecule has 1 aliphatic rings. The van der Waals surface area contributed by atoms with E-state index in [1.165, 1.54) is 7.11 Å². The molecule has 0 radical (unpaired) electrons. The molecule has 2 unspecified atom stereocenters. The number of methoxy groups -OCH3 is 1. The first kappa shape index (κ1) is 18.4. The lowest BCUT2D eigenvalue weighted by atomic mass is 10.2. The second-order valence-electron chi connectivity index (χ2n) is 5.24. The Balaban J connectivity index is 0.00000242. The molecule has 3 N–H and O–H groups in total. The van der Waals surface area contributed by atoms with Gasteiger partial charge in [0.2, 0.25) is 11.8 Å². The Morgan fingerprint density at radius 2 is 2.09 bits per heavy atom. The molecule has 0 saturated carbocycles. The molecule has 6 nitrogen and oxygen atoms in total. The lowest BCUT2D eigenvalue weighted by Crippen LogP contribution is -2.49. The van der Waals surface area contributed by atoms with Gasteiger partial charge in [0, 0.05) is 19.3 Å². The SMILES string of the molecule is COCC(N)C(=O)NC1CCN(c2ccc(C)cc2)C1=O.Cl. The average molecular weight is 328 g/mol. The van der Waals surface area contributed by atoms with Crippen LogP contribution in [0.2, 0.25) is 0 Å². The second kappa shape index (κ2) is 8.12. The van der Waals surface area contributed by atoms with E-state index in [-0.39, 0.29) is 30.8 Å². The summed E-state index contributed by atoms with van der Waals surface area (Å²) in [6.07, 6.45) is 0.581. The van der Waals surface area contributed by atoms with Gasteiger partial charge in [0.25, 0.3) is 0 Å². The van der Waals surface area contributed by atoms with Crippen LogP contribution in [0.4, 0.5) is 5.69 Å². The average Bonchev–Trinajstić information content (AvgIpc) is 2.81. The minimum Gasteiger partial charge on any atom is -0.383 e. The fourth-order valence-electron chi connectivity index (χ4n) is 2.33. The van der Waals surface area contributed by atoms with Crippen molar-refractivity contribution < 1.29 is 14.3 Å². The molecule has 122 valence electrons. The Bertz CT molecular complexity index is 521. The van der Waals surface area contributed by atoms with Gasteiger partial charge in [-0.3, -0.25) is 9.59 Å². The van der Waals surface area contributed by atoms with Crippen molar-refractivity contribution in [2.24, 2.45) is 5.73 Å². The van der Waals surface area contributed by atoms with Gasteiger partial charge in [-0.2, -0.15) is 0 Å². The number of aryl methyl sites for hydroxylation is 1. The first-order valence-corrected chi connectivity index (χ1v) is 6.96. The molecule has 0 aromatic heterocycles. The van der Waals surface area contributed by atoms with Gasteiger partial charge in [0.1, 0.15) is 12.1 Å². The Labute approximate surface area is 136 Å². The van der Waals surface area contributed by atoms with Crippen LogP contribution in [0, 0.1) is 6.92 Å². The molecular formula is C15H22ClN3O3. The fraction of sp³-hybridized carbons (Fsp3) is 0.467. The monoisotopic (exact) mass is 327 g/mol. The van der Waals surface area contributed by atoms with E-state index < -0.39 is 12.1 Å². The predicted molar refractivity (Wildman–Crippen MR) is 87.2 cm³/mol. The maximum absolute atomic E-state index is 12.3. The minimum atomic E-state index is -0.753. The molecule has 1 saturated heterocycles. The number of benzene rings is 1. The summed E-state index contributed by atoms with van der Waals surface area (Å²) in [6.45, 7) is 2.72. The lowest BCUT2D eigenvalue weighted by Gasteiger charge is -2.18. The summed E-state index contributed by atoms with van der Waals surface area (Å²) in [5.41, 5.74) is 7.64. The molecule has 2 amide bonds. The highest BCUT2D eigenvalue weighted by molar-refractivity contribution is 6.01. The highest BCUT2D eigenvalue weighted by Crippen LogP contribution is 2.21. The van der Waals surface area contributed by atoms with Crippen LogP contribution in [-0.2, 0) is 14.3 Å². The molecule has 0 bridgehead atoms. The first-order chi connectivity index (χ1) is 10.0. The number of nitrogens with two attached hydrogens (primary N) is 1. The van der Waals surface area contributed by atoms with Gasteiger partial charge in [0.05, 0.1) is 6.61 Å². The van der Waals surface area contributed by atoms with Crippen molar-refractivity contribution in [2.45, 2.75) is 25.4 Å². The van der Waals surface area contributed by atoms with Crippen molar-refractivity contribution in [3.8, 4) is 0 Å². The highest BCUT2D eigenvalue weighted by atomic mass is 35.5. The smallest absolute Gasteiger partial charge is 0.249 e. The van der Waals surface area contributed by atoms with Crippen LogP contribution in [0.1, 0.15) is 12.0 Å². The van der Waals surface area contributed by atoms with Crippen LogP contribution in [0.3, 0.4) is 0 Å². The third-order valence-corrected chi connectivity index (χ3v) is 3.55. The summed E-state index contributed by atoms with van der Waals surface area (Å²) in [4.78, 5) is 25.9. The fourth-order valence-corrected chi connectivity index (χ4v) is 2.33. The van der Waals surface area contributed by atoms with Crippen LogP contribution in [0.5, 0.6) is 0 Å². The second-order valence-corrected chi connectivity index (χ2v) is 5.24. The van der Waals surface area contributed by atoms with Gasteiger partial charge in [-0.1, -0.05) is 17.7 Å². The van der Waals surface area contributed by atoms with Crippen LogP contribution >= 0.6 is 12.4 Å². The van der Waals surface area contributed by atoms with Crippen LogP contribution < -0.4 is 16.0 Å². The quantitative estimate of drug-likeness (QED) is 0.830. The normalized spacial score (nSPS) is 18.8. The summed E-state index contributed by atoms with van der Waals surface area (Å²) >= 11 is 0. The number of nitrogens with one attached hydrogen (secondary N) is 1. The summed E-state index contributed by atoms with van der Waals surface area (Å²) in [5.74, 6) is -0.460. The van der Waals surface area contributed by atoms with E-state index in [2.05, 4.69) is 5.32 Å². The molecule has 2 rings (SSSR count). The Morgan fingerprint density at radius 1 is 1.45 bits per heavy atom. The van der Waals surface area contributed by atoms with Crippen molar-refractivity contribution in [3.05, 3.63) is 29.8 Å². The zero-order valence-electron chi connectivity index (χ0n) is 12.7. The number of halogens is 1. The van der Waals surface area contributed by atoms with E-state index in [0.29, 0.717) is 13.0 Å². The van der Waals surface area contributed by atoms with E-state index in [0.717, 1.165) is 11.3 Å². The molecule has 1 heterocycles. The molecule has 1 aromatic rings. The van der Waals surface area contributed by atoms with Gasteiger partial charge >= 0.3 is 0 Å². The number of hydrogen-bond donors (Lipinski definition) is 2. The number of anilines is 1. The summed E-state index contributed by atoms with van der Waals surface area (Å²) < 4.78 is 4.84. The van der Waals surface area contributed by atoms with Gasteiger partial charge in [0.15, 0.2) is 0 Å². The zero-order valence-corrected chi connectivity index (χ0v) is 13.6. The standard InChI is InChI=1S/C15H21N3O3.ClH/c1-10-3-5-11(6-4-10)18-8-7-13(15(18)20)17-14(19)12(16)9-21-2;/h3-6,12-13H,7-9,16H2,1-2H3,(H,17,19);1H. The van der Waals surface area contributed by atoms with E-state index in [1.54, 1.807) is 4.90 Å². The minimum absolute atomic E-state index is 0. The third-order valence-electron chi connectivity index (χ3n) is 3.55. The topological polar surface area (TPSA) is 84.7 Å². The predicted octanol–water partition coefficient (Wildman–Crippen LogP) is 0.612. The first-order valence-electron chi connectivity index (χ1n) is 6.96. The molecule has 7 heteroatoms. The zero-order chi connectivity index (χ0) is 15.4. The summed E-state index contributed by atoms with van der Waals surface area (Å²) in [7, 11) is 1.48. The Morgan fingerprint density at radius 3 is 2.68 bits per heavy atom. The lowest BCUT2D eigenvalue weighted by molar-refractivity contribution is -0.128. The van der Waals surface area contributed by atoms with Gasteiger partial charge in [-0.05, 0) is 25.5 Å². The van der Waals surface area contributed by atoms with Crippen LogP contribution in [0.15, 0.2) is 24.3 Å². The molecule has 0 aliphatic carbocycles. The third kappa shape index (κ3) is 4.19. The number of amides is 2. The van der Waals surface area contributed by atoms with Gasteiger partial charge in [-0.25, -0.2) is 0 Å². The number of rotatable bonds is 5. The maximum Gasteiger partial charge on any atom is 0.249 e. The summed E-state index contributed by atoms with van der Waals surface area (Å²) in [6, 6.07) is 6.48. The molecule has 0 spiro atoms. The number of hydrogen-bond acceptors (Lipinski definition) is 4. The van der Waals surface area contributed by atoms with E-state index in [9.17, 15) is 9.59 Å². The maximum atomic E-state index is 12.3. The molecule has 1 aliphatic heterocycles. The Hall–Kier alpha value is -1.63. The van der Waals surface area contributed by atoms with E-state index in [1.807, 2.05) is 31.2 Å². The van der Waals surface area contributed by atoms with Crippen molar-refractivity contribution in [1.29, 1.82) is 0 Å². The molecule has 2 atom stereocenters.